The van der Waals surface area contributed by atoms with Crippen LogP contribution >= 0.6 is 0 Å². The Morgan fingerprint density at radius 1 is 0.851 bits per heavy atom. The van der Waals surface area contributed by atoms with E-state index in [1.165, 1.54) is 27.7 Å². The first-order valence-corrected chi connectivity index (χ1v) is 16.8. The molecule has 5 aliphatic carbocycles. The van der Waals surface area contributed by atoms with Crippen LogP contribution in [0.3, 0.4) is 0 Å². The molecule has 0 unspecified atom stereocenters. The number of aliphatic hydroxyl groups excluding tert-OH is 1. The van der Waals surface area contributed by atoms with E-state index in [0.29, 0.717) is 6.42 Å². The third kappa shape index (κ3) is 3.83. The van der Waals surface area contributed by atoms with Gasteiger partial charge >= 0.3 is 23.9 Å². The van der Waals surface area contributed by atoms with Crippen molar-refractivity contribution in [3.05, 3.63) is 11.8 Å². The second kappa shape index (κ2) is 9.88. The Morgan fingerprint density at radius 3 is 2.04 bits per heavy atom. The number of carbonyl (C=O) groups is 5. The fraction of sp³-hybridized carbons (Fsp3) is 0.800. The minimum Gasteiger partial charge on any atom is -0.462 e. The quantitative estimate of drug-likeness (QED) is 0.257. The molecule has 47 heavy (non-hydrogen) atoms. The number of fused-ring (bicyclic) bond motifs is 10. The van der Waals surface area contributed by atoms with Crippen molar-refractivity contribution < 1.29 is 57.9 Å². The van der Waals surface area contributed by atoms with E-state index in [0.717, 1.165) is 0 Å². The molecule has 0 amide bonds. The van der Waals surface area contributed by atoms with Gasteiger partial charge in [0.1, 0.15) is 24.1 Å². The third-order valence-corrected chi connectivity index (χ3v) is 14.1. The number of allylic oxidation sites excluding steroid dienone is 1. The maximum absolute atomic E-state index is 14.7. The number of Topliss-reactive ketones (excluding diaryl/α,β-unsaturated/α-hetero) is 1. The van der Waals surface area contributed by atoms with Crippen LogP contribution in [0.25, 0.3) is 0 Å². The zero-order chi connectivity index (χ0) is 34.5. The van der Waals surface area contributed by atoms with Gasteiger partial charge in [-0.3, -0.25) is 19.2 Å². The van der Waals surface area contributed by atoms with Crippen LogP contribution in [0.2, 0.25) is 0 Å². The molecule has 6 fully saturated rings. The number of rotatable bonds is 3. The molecule has 258 valence electrons. The van der Waals surface area contributed by atoms with E-state index in [4.69, 9.17) is 23.7 Å². The van der Waals surface area contributed by atoms with Gasteiger partial charge in [-0.25, -0.2) is 4.79 Å². The monoisotopic (exact) mass is 658 g/mol. The highest BCUT2D eigenvalue weighted by Crippen LogP contribution is 2.76. The minimum atomic E-state index is -1.99. The number of carbonyl (C=O) groups excluding carboxylic acids is 5. The Labute approximate surface area is 273 Å². The van der Waals surface area contributed by atoms with Crippen molar-refractivity contribution in [2.24, 2.45) is 63.6 Å². The fourth-order valence-electron chi connectivity index (χ4n) is 12.5. The van der Waals surface area contributed by atoms with Crippen molar-refractivity contribution in [2.75, 3.05) is 0 Å². The number of epoxide rings is 1. The molecule has 0 aromatic rings. The van der Waals surface area contributed by atoms with Gasteiger partial charge in [-0.15, -0.1) is 0 Å². The molecular weight excluding hydrogens is 612 g/mol. The van der Waals surface area contributed by atoms with Crippen molar-refractivity contribution in [1.82, 2.24) is 0 Å². The molecule has 0 bridgehead atoms. The minimum absolute atomic E-state index is 0.276. The lowest BCUT2D eigenvalue weighted by Crippen LogP contribution is -2.72. The lowest BCUT2D eigenvalue weighted by Gasteiger charge is -2.65. The summed E-state index contributed by atoms with van der Waals surface area (Å²) < 4.78 is 29.9. The summed E-state index contributed by atoms with van der Waals surface area (Å²) in [5.74, 6) is -7.46. The lowest BCUT2D eigenvalue weighted by molar-refractivity contribution is -0.254. The number of hydrogen-bond acceptors (Lipinski definition) is 12. The molecule has 2 heterocycles. The maximum atomic E-state index is 14.7. The normalized spacial score (nSPS) is 55.1. The average Bonchev–Trinajstić information content (AvgIpc) is 3.65. The van der Waals surface area contributed by atoms with E-state index in [9.17, 15) is 34.2 Å². The Bertz CT molecular complexity index is 1500. The van der Waals surface area contributed by atoms with E-state index in [2.05, 4.69) is 0 Å². The van der Waals surface area contributed by atoms with Crippen molar-refractivity contribution >= 4 is 29.7 Å². The number of ketones is 1. The molecule has 7 aliphatic rings. The van der Waals surface area contributed by atoms with Gasteiger partial charge in [0.25, 0.3) is 0 Å². The fourth-order valence-corrected chi connectivity index (χ4v) is 12.5. The summed E-state index contributed by atoms with van der Waals surface area (Å²) in [6.45, 7) is 14.8. The summed E-state index contributed by atoms with van der Waals surface area (Å²) in [5, 5.41) is 24.5. The maximum Gasteiger partial charge on any atom is 0.343 e. The summed E-state index contributed by atoms with van der Waals surface area (Å²) >= 11 is 0. The highest BCUT2D eigenvalue weighted by Gasteiger charge is 2.82. The van der Waals surface area contributed by atoms with E-state index < -0.39 is 118 Å². The zero-order valence-electron chi connectivity index (χ0n) is 28.3. The van der Waals surface area contributed by atoms with Gasteiger partial charge in [-0.2, -0.15) is 0 Å². The molecule has 2 aliphatic heterocycles. The van der Waals surface area contributed by atoms with Crippen molar-refractivity contribution in [1.29, 1.82) is 0 Å². The van der Waals surface area contributed by atoms with Crippen LogP contribution in [0.5, 0.6) is 0 Å². The molecule has 2 N–H and O–H groups in total. The van der Waals surface area contributed by atoms with Crippen LogP contribution in [-0.4, -0.2) is 82.1 Å². The predicted octanol–water partition coefficient (Wildman–Crippen LogP) is 2.12. The molecule has 4 saturated carbocycles. The van der Waals surface area contributed by atoms with Gasteiger partial charge in [0.2, 0.25) is 0 Å². The van der Waals surface area contributed by atoms with E-state index in [1.807, 2.05) is 33.8 Å². The number of esters is 4. The first-order valence-electron chi connectivity index (χ1n) is 16.8. The largest absolute Gasteiger partial charge is 0.462 e. The summed E-state index contributed by atoms with van der Waals surface area (Å²) in [6.07, 6.45) is -2.67. The predicted molar refractivity (Wildman–Crippen MR) is 159 cm³/mol. The van der Waals surface area contributed by atoms with Gasteiger partial charge in [0.15, 0.2) is 17.5 Å². The highest BCUT2D eigenvalue weighted by atomic mass is 16.6. The Hall–Kier alpha value is -2.83. The Kier molecular flexibility index (Phi) is 6.87. The molecular formula is C35H46O12. The first-order chi connectivity index (χ1) is 21.7. The smallest absolute Gasteiger partial charge is 0.343 e. The summed E-state index contributed by atoms with van der Waals surface area (Å²) in [5.41, 5.74) is -5.42. The number of hydrogen-bond donors (Lipinski definition) is 2. The highest BCUT2D eigenvalue weighted by molar-refractivity contribution is 5.90. The third-order valence-electron chi connectivity index (χ3n) is 14.1. The van der Waals surface area contributed by atoms with Gasteiger partial charge in [0, 0.05) is 55.3 Å². The summed E-state index contributed by atoms with van der Waals surface area (Å²) in [4.78, 5) is 66.1. The second-order valence-corrected chi connectivity index (χ2v) is 16.2. The van der Waals surface area contributed by atoms with Crippen molar-refractivity contribution in [2.45, 2.75) is 111 Å². The number of aliphatic hydroxyl groups is 2. The Balaban J connectivity index is 1.48. The molecule has 0 aromatic heterocycles. The molecule has 0 spiro atoms. The van der Waals surface area contributed by atoms with Crippen LogP contribution in [0.4, 0.5) is 0 Å². The average molecular weight is 659 g/mol. The molecule has 12 nitrogen and oxygen atoms in total. The van der Waals surface area contributed by atoms with Crippen LogP contribution < -0.4 is 0 Å². The van der Waals surface area contributed by atoms with Crippen molar-refractivity contribution in [3.8, 4) is 0 Å². The van der Waals surface area contributed by atoms with Gasteiger partial charge in [-0.05, 0) is 50.0 Å². The molecule has 18 atom stereocenters. The summed E-state index contributed by atoms with van der Waals surface area (Å²) in [7, 11) is 0. The lowest BCUT2D eigenvalue weighted by atomic mass is 9.39. The van der Waals surface area contributed by atoms with E-state index in [1.54, 1.807) is 6.92 Å². The molecule has 7 rings (SSSR count). The van der Waals surface area contributed by atoms with Crippen LogP contribution in [0, 0.1) is 63.6 Å². The van der Waals surface area contributed by atoms with E-state index >= 15 is 0 Å². The zero-order valence-corrected chi connectivity index (χ0v) is 28.3. The van der Waals surface area contributed by atoms with Crippen LogP contribution in [0.15, 0.2) is 11.8 Å². The van der Waals surface area contributed by atoms with E-state index in [-0.39, 0.29) is 23.6 Å². The molecule has 12 heteroatoms. The SMILES string of the molecule is CC(=O)O[C@H]1C(=O)[C@H]2C[C@@H]3O[C@@H]3[C@H](OC(C)=O)[C@]2(C)[C@H]2[C@H](C)[C@H](OC(C)=O)[C@]3(C)[C@@H]4[C@@H]([C@H](O)[C@H]3[C@@H]21)[C@]1(C)C(=C[C@H]4C)OC(=O)[C@@]1(C)O. The van der Waals surface area contributed by atoms with Crippen molar-refractivity contribution in [3.63, 3.8) is 0 Å². The van der Waals surface area contributed by atoms with Crippen LogP contribution in [0.1, 0.15) is 68.7 Å². The van der Waals surface area contributed by atoms with Gasteiger partial charge in [0.05, 0.1) is 17.6 Å². The summed E-state index contributed by atoms with van der Waals surface area (Å²) in [6, 6.07) is 0. The van der Waals surface area contributed by atoms with Gasteiger partial charge < -0.3 is 33.9 Å². The number of ether oxygens (including phenoxy) is 5. The van der Waals surface area contributed by atoms with Crippen LogP contribution in [-0.2, 0) is 47.7 Å². The van der Waals surface area contributed by atoms with Gasteiger partial charge in [-0.1, -0.05) is 27.7 Å². The molecule has 0 aromatic carbocycles. The second-order valence-electron chi connectivity index (χ2n) is 16.2. The molecule has 0 radical (unpaired) electrons. The Morgan fingerprint density at radius 2 is 1.45 bits per heavy atom. The standard InChI is InChI=1S/C35H46O12/c1-12-10-19-34(8,35(9,42)31(41)47-19)24-21(12)33(7)23(26(24)40)20-22(13(2)29(33)44-15(4)37)32(6)17(25(39)28(20)43-14(3)36)11-18-27(46-18)30(32)45-16(5)38/h10,12-13,17-18,20-24,26-30,40,42H,11H2,1-9H3/t12-,13+,17-,18+,20-,21+,22+,23-,24+,26-,27+,28-,29+,30+,32+,33-,34+,35-/m1/s1. The first kappa shape index (κ1) is 32.7. The molecule has 2 saturated heterocycles. The topological polar surface area (TPSA) is 175 Å².